The zero-order chi connectivity index (χ0) is 21.0. The van der Waals surface area contributed by atoms with E-state index in [1.54, 1.807) is 0 Å². The maximum Gasteiger partial charge on any atom is 0.252 e. The number of aromatic nitrogens is 3. The van der Waals surface area contributed by atoms with Crippen LogP contribution in [-0.2, 0) is 0 Å². The van der Waals surface area contributed by atoms with Crippen molar-refractivity contribution in [2.45, 2.75) is 74.4 Å². The Kier molecular flexibility index (Phi) is 4.75. The molecule has 0 radical (unpaired) electrons. The summed E-state index contributed by atoms with van der Waals surface area (Å²) in [6.07, 6.45) is -0.466. The van der Waals surface area contributed by atoms with Crippen LogP contribution < -0.4 is 10.6 Å². The number of hydrogen-bond donors (Lipinski definition) is 3. The summed E-state index contributed by atoms with van der Waals surface area (Å²) in [7, 11) is 1.36. The lowest BCUT2D eigenvalue weighted by Gasteiger charge is -2.36. The summed E-state index contributed by atoms with van der Waals surface area (Å²) in [4.78, 5) is 12.4. The molecule has 2 saturated carbocycles. The molecule has 12 heteroatoms. The van der Waals surface area contributed by atoms with E-state index in [-0.39, 0.29) is 61.8 Å². The molecule has 6 nitrogen and oxygen atoms in total. The van der Waals surface area contributed by atoms with Gasteiger partial charge in [0.25, 0.3) is 11.8 Å². The summed E-state index contributed by atoms with van der Waals surface area (Å²) < 4.78 is 67.2. The molecule has 0 saturated heterocycles. The highest BCUT2D eigenvalue weighted by atomic mass is 19.3. The minimum Gasteiger partial charge on any atom is -0.392 e. The zero-order valence-electron chi connectivity index (χ0n) is 15.8. The zero-order valence-corrected chi connectivity index (χ0v) is 15.8. The first-order valence-electron chi connectivity index (χ1n) is 9.59. The molecule has 0 aliphatic heterocycles. The van der Waals surface area contributed by atoms with Crippen LogP contribution in [0, 0.1) is 0 Å². The summed E-state index contributed by atoms with van der Waals surface area (Å²) in [6, 6.07) is -1.09. The van der Waals surface area contributed by atoms with Crippen molar-refractivity contribution in [3.63, 3.8) is 0 Å². The number of nitrogens with zero attached hydrogens (tertiary/aromatic N) is 3. The Morgan fingerprint density at radius 3 is 1.83 bits per heavy atom. The van der Waals surface area contributed by atoms with Gasteiger partial charge in [-0.1, -0.05) is 0 Å². The second-order valence-electron chi connectivity index (χ2n) is 8.44. The average molecular weight is 417 g/mol. The first-order chi connectivity index (χ1) is 13.4. The van der Waals surface area contributed by atoms with Crippen molar-refractivity contribution in [3.8, 4) is 0 Å². The van der Waals surface area contributed by atoms with Crippen molar-refractivity contribution < 1.29 is 27.1 Å². The van der Waals surface area contributed by atoms with Crippen LogP contribution in [0.1, 0.15) is 50.8 Å². The van der Waals surface area contributed by atoms with Gasteiger partial charge in [0.15, 0.2) is 13.7 Å². The topological polar surface area (TPSA) is 83.0 Å². The molecule has 2 fully saturated rings. The van der Waals surface area contributed by atoms with Gasteiger partial charge in [0.2, 0.25) is 11.9 Å². The molecule has 0 spiro atoms. The number of rotatable bonds is 5. The highest BCUT2D eigenvalue weighted by Gasteiger charge is 2.47. The number of anilines is 2. The SMILES string of the molecule is B[C@@]1(O)CCCC(c2nc(NC3CC(F)(F)C3)nc(NC3CC(F)(F)C3)n2)=C1F. The first kappa shape index (κ1) is 20.3. The summed E-state index contributed by atoms with van der Waals surface area (Å²) in [5, 5.41) is 15.8. The second-order valence-corrected chi connectivity index (χ2v) is 8.44. The van der Waals surface area contributed by atoms with E-state index in [2.05, 4.69) is 25.6 Å². The van der Waals surface area contributed by atoms with Crippen molar-refractivity contribution in [2.75, 3.05) is 10.6 Å². The molecule has 1 atom stereocenters. The molecule has 1 aromatic rings. The van der Waals surface area contributed by atoms with E-state index >= 15 is 0 Å². The Balaban J connectivity index is 1.61. The van der Waals surface area contributed by atoms with Gasteiger partial charge in [-0.25, -0.2) is 22.0 Å². The number of nitrogens with one attached hydrogen (secondary N) is 2. The van der Waals surface area contributed by atoms with Crippen molar-refractivity contribution in [3.05, 3.63) is 11.7 Å². The molecule has 1 aromatic heterocycles. The molecule has 29 heavy (non-hydrogen) atoms. The fourth-order valence-corrected chi connectivity index (χ4v) is 3.90. The molecule has 158 valence electrons. The van der Waals surface area contributed by atoms with Gasteiger partial charge in [-0.05, 0) is 19.3 Å². The molecule has 0 unspecified atom stereocenters. The van der Waals surface area contributed by atoms with E-state index in [0.717, 1.165) is 0 Å². The van der Waals surface area contributed by atoms with Crippen molar-refractivity contribution in [1.82, 2.24) is 15.0 Å². The van der Waals surface area contributed by atoms with Gasteiger partial charge in [0, 0.05) is 43.3 Å². The Morgan fingerprint density at radius 2 is 1.38 bits per heavy atom. The Bertz CT molecular complexity index is 789. The maximum absolute atomic E-state index is 14.7. The number of alkyl halides is 4. The van der Waals surface area contributed by atoms with E-state index in [4.69, 9.17) is 0 Å². The third-order valence-corrected chi connectivity index (χ3v) is 5.58. The lowest BCUT2D eigenvalue weighted by atomic mass is 9.71. The fourth-order valence-electron chi connectivity index (χ4n) is 3.90. The van der Waals surface area contributed by atoms with Gasteiger partial charge in [0.1, 0.15) is 5.83 Å². The van der Waals surface area contributed by atoms with Gasteiger partial charge in [0.05, 0.1) is 5.50 Å². The monoisotopic (exact) mass is 417 g/mol. The third kappa shape index (κ3) is 4.31. The van der Waals surface area contributed by atoms with E-state index in [0.29, 0.717) is 6.42 Å². The van der Waals surface area contributed by atoms with Gasteiger partial charge in [-0.3, -0.25) is 0 Å². The van der Waals surface area contributed by atoms with Crippen LogP contribution in [0.3, 0.4) is 0 Å². The number of halogens is 5. The smallest absolute Gasteiger partial charge is 0.252 e. The molecule has 0 amide bonds. The highest BCUT2D eigenvalue weighted by Crippen LogP contribution is 2.41. The van der Waals surface area contributed by atoms with Gasteiger partial charge < -0.3 is 15.7 Å². The van der Waals surface area contributed by atoms with E-state index in [1.807, 2.05) is 0 Å². The number of aliphatic hydroxyl groups is 1. The minimum absolute atomic E-state index is 0.0328. The van der Waals surface area contributed by atoms with Crippen LogP contribution in [-0.4, -0.2) is 57.3 Å². The van der Waals surface area contributed by atoms with Crippen molar-refractivity contribution in [1.29, 1.82) is 0 Å². The first-order valence-corrected chi connectivity index (χ1v) is 9.59. The van der Waals surface area contributed by atoms with Crippen LogP contribution >= 0.6 is 0 Å². The number of allylic oxidation sites excluding steroid dienone is 1. The Hall–Kier alpha value is -1.98. The largest absolute Gasteiger partial charge is 0.392 e. The minimum atomic E-state index is -2.75. The second kappa shape index (κ2) is 6.78. The molecule has 0 aromatic carbocycles. The van der Waals surface area contributed by atoms with Gasteiger partial charge in [-0.15, -0.1) is 0 Å². The van der Waals surface area contributed by atoms with Crippen LogP contribution in [0.2, 0.25) is 0 Å². The average Bonchev–Trinajstić information content (AvgIpc) is 2.54. The third-order valence-electron chi connectivity index (χ3n) is 5.58. The fraction of sp³-hybridized carbons (Fsp3) is 0.706. The molecule has 3 aliphatic carbocycles. The van der Waals surface area contributed by atoms with Crippen molar-refractivity contribution in [2.24, 2.45) is 0 Å². The van der Waals surface area contributed by atoms with Crippen LogP contribution in [0.4, 0.5) is 33.8 Å². The Labute approximate surface area is 164 Å². The quantitative estimate of drug-likeness (QED) is 0.505. The van der Waals surface area contributed by atoms with E-state index in [9.17, 15) is 27.1 Å². The van der Waals surface area contributed by atoms with Crippen LogP contribution in [0.15, 0.2) is 5.83 Å². The maximum atomic E-state index is 14.7. The van der Waals surface area contributed by atoms with E-state index < -0.39 is 35.3 Å². The van der Waals surface area contributed by atoms with Crippen LogP contribution in [0.25, 0.3) is 5.57 Å². The predicted molar refractivity (Wildman–Crippen MR) is 98.4 cm³/mol. The standard InChI is InChI=1S/C17H21BF5N5O/c18-17(29)3-1-2-10(11(17)19)12-26-13(24-8-4-15(20,21)5-8)28-14(27-12)25-9-6-16(22,23)7-9/h8-9,29H,1-7,18H2,(H2,24,25,26,27,28)/t17-/m1/s1. The number of hydrogen-bond acceptors (Lipinski definition) is 6. The normalized spacial score (nSPS) is 29.2. The molecule has 3 N–H and O–H groups in total. The molecule has 4 rings (SSSR count). The summed E-state index contributed by atoms with van der Waals surface area (Å²) >= 11 is 0. The summed E-state index contributed by atoms with van der Waals surface area (Å²) in [5.41, 5.74) is -1.54. The van der Waals surface area contributed by atoms with Gasteiger partial charge >= 0.3 is 0 Å². The van der Waals surface area contributed by atoms with E-state index in [1.165, 1.54) is 7.85 Å². The van der Waals surface area contributed by atoms with Gasteiger partial charge in [-0.2, -0.15) is 15.0 Å². The van der Waals surface area contributed by atoms with Crippen molar-refractivity contribution >= 4 is 25.3 Å². The predicted octanol–water partition coefficient (Wildman–Crippen LogP) is 2.48. The summed E-state index contributed by atoms with van der Waals surface area (Å²) in [5.74, 6) is -6.35. The molecule has 3 aliphatic rings. The molecular weight excluding hydrogens is 396 g/mol. The Morgan fingerprint density at radius 1 is 0.897 bits per heavy atom. The molecule has 0 bridgehead atoms. The highest BCUT2D eigenvalue weighted by molar-refractivity contribution is 6.17. The van der Waals surface area contributed by atoms with Crippen LogP contribution in [0.5, 0.6) is 0 Å². The lowest BCUT2D eigenvalue weighted by molar-refractivity contribution is -0.0799. The lowest BCUT2D eigenvalue weighted by Crippen LogP contribution is -2.45. The molecular formula is C17H21BF5N5O. The molecule has 1 heterocycles. The summed E-state index contributed by atoms with van der Waals surface area (Å²) in [6.45, 7) is 0.